The summed E-state index contributed by atoms with van der Waals surface area (Å²) in [4.78, 5) is 0. The molecule has 0 saturated heterocycles. The maximum atomic E-state index is 5.85. The smallest absolute Gasteiger partial charge is 0.186 e. The van der Waals surface area contributed by atoms with Crippen molar-refractivity contribution in [2.24, 2.45) is 0 Å². The summed E-state index contributed by atoms with van der Waals surface area (Å²) in [5.41, 5.74) is 1.80. The molecule has 90 valence electrons. The number of methoxy groups -OCH3 is 2. The van der Waals surface area contributed by atoms with Crippen LogP contribution in [-0.4, -0.2) is 14.2 Å². The number of hydrogen-bond donors (Lipinski definition) is 0. The van der Waals surface area contributed by atoms with Crippen molar-refractivity contribution in [3.8, 4) is 11.3 Å². The summed E-state index contributed by atoms with van der Waals surface area (Å²) >= 11 is 5.85. The zero-order valence-corrected chi connectivity index (χ0v) is 10.4. The molecule has 0 spiro atoms. The Morgan fingerprint density at radius 1 is 1.06 bits per heavy atom. The van der Waals surface area contributed by atoms with E-state index in [4.69, 9.17) is 25.5 Å². The van der Waals surface area contributed by atoms with Crippen molar-refractivity contribution in [1.29, 1.82) is 0 Å². The minimum atomic E-state index is -0.431. The molecule has 0 bridgehead atoms. The number of ether oxygens (including phenoxy) is 2. The van der Waals surface area contributed by atoms with Gasteiger partial charge in [-0.2, -0.15) is 0 Å². The van der Waals surface area contributed by atoms with Crippen LogP contribution >= 0.6 is 11.6 Å². The Morgan fingerprint density at radius 2 is 1.71 bits per heavy atom. The third-order valence-electron chi connectivity index (χ3n) is 2.48. The Bertz CT molecular complexity index is 472. The number of benzene rings is 1. The van der Waals surface area contributed by atoms with Crippen LogP contribution in [0.15, 0.2) is 41.0 Å². The van der Waals surface area contributed by atoms with E-state index < -0.39 is 6.29 Å². The van der Waals surface area contributed by atoms with Gasteiger partial charge in [-0.25, -0.2) is 0 Å². The fourth-order valence-corrected chi connectivity index (χ4v) is 1.82. The van der Waals surface area contributed by atoms with Crippen molar-refractivity contribution < 1.29 is 13.9 Å². The first-order valence-corrected chi connectivity index (χ1v) is 5.53. The Balaban J connectivity index is 2.39. The quantitative estimate of drug-likeness (QED) is 0.774. The second kappa shape index (κ2) is 5.36. The highest BCUT2D eigenvalue weighted by Crippen LogP contribution is 2.31. The van der Waals surface area contributed by atoms with Crippen molar-refractivity contribution in [3.63, 3.8) is 0 Å². The number of halogens is 1. The van der Waals surface area contributed by atoms with E-state index in [1.807, 2.05) is 30.3 Å². The Morgan fingerprint density at radius 3 is 2.29 bits per heavy atom. The molecule has 0 amide bonds. The van der Waals surface area contributed by atoms with E-state index >= 15 is 0 Å². The molecule has 0 unspecified atom stereocenters. The van der Waals surface area contributed by atoms with Gasteiger partial charge in [0, 0.05) is 24.8 Å². The largest absolute Gasteiger partial charge is 0.464 e. The molecule has 2 aromatic rings. The predicted octanol–water partition coefficient (Wildman–Crippen LogP) is 3.89. The van der Waals surface area contributed by atoms with Gasteiger partial charge in [0.1, 0.15) is 5.76 Å². The van der Waals surface area contributed by atoms with E-state index in [0.29, 0.717) is 5.02 Å². The minimum Gasteiger partial charge on any atom is -0.464 e. The summed E-state index contributed by atoms with van der Waals surface area (Å²) in [6.07, 6.45) is 1.18. The SMILES string of the molecule is COC(OC)c1ccoc1-c1ccc(Cl)cc1. The molecule has 0 aliphatic carbocycles. The lowest BCUT2D eigenvalue weighted by Gasteiger charge is -2.13. The predicted molar refractivity (Wildman–Crippen MR) is 65.9 cm³/mol. The van der Waals surface area contributed by atoms with Crippen molar-refractivity contribution in [3.05, 3.63) is 47.2 Å². The molecule has 0 aliphatic rings. The maximum Gasteiger partial charge on any atom is 0.186 e. The number of hydrogen-bond acceptors (Lipinski definition) is 3. The molecule has 1 aromatic heterocycles. The average molecular weight is 253 g/mol. The summed E-state index contributed by atoms with van der Waals surface area (Å²) in [5, 5.41) is 0.692. The van der Waals surface area contributed by atoms with E-state index in [1.54, 1.807) is 20.5 Å². The zero-order chi connectivity index (χ0) is 12.3. The normalized spacial score (nSPS) is 11.1. The molecule has 2 rings (SSSR count). The van der Waals surface area contributed by atoms with E-state index in [2.05, 4.69) is 0 Å². The summed E-state index contributed by atoms with van der Waals surface area (Å²) in [5.74, 6) is 0.732. The van der Waals surface area contributed by atoms with Gasteiger partial charge in [-0.3, -0.25) is 0 Å². The Kier molecular flexibility index (Phi) is 3.84. The summed E-state index contributed by atoms with van der Waals surface area (Å²) in [7, 11) is 3.18. The molecule has 17 heavy (non-hydrogen) atoms. The third kappa shape index (κ3) is 2.52. The molecule has 0 fully saturated rings. The number of furan rings is 1. The van der Waals surface area contributed by atoms with Crippen LogP contribution in [0.25, 0.3) is 11.3 Å². The third-order valence-corrected chi connectivity index (χ3v) is 2.74. The Hall–Kier alpha value is -1.29. The highest BCUT2D eigenvalue weighted by Gasteiger charge is 2.17. The van der Waals surface area contributed by atoms with Gasteiger partial charge >= 0.3 is 0 Å². The van der Waals surface area contributed by atoms with Crippen LogP contribution in [0.1, 0.15) is 11.9 Å². The van der Waals surface area contributed by atoms with Gasteiger partial charge in [0.05, 0.1) is 11.8 Å². The van der Waals surface area contributed by atoms with Gasteiger partial charge in [0.15, 0.2) is 6.29 Å². The molecule has 4 heteroatoms. The topological polar surface area (TPSA) is 31.6 Å². The average Bonchev–Trinajstić information content (AvgIpc) is 2.81. The van der Waals surface area contributed by atoms with E-state index in [-0.39, 0.29) is 0 Å². The summed E-state index contributed by atoms with van der Waals surface area (Å²) in [6, 6.07) is 9.26. The Labute approximate surface area is 105 Å². The first kappa shape index (κ1) is 12.2. The maximum absolute atomic E-state index is 5.85. The molecular formula is C13H13ClO3. The van der Waals surface area contributed by atoms with Crippen LogP contribution in [-0.2, 0) is 9.47 Å². The first-order valence-electron chi connectivity index (χ1n) is 5.15. The highest BCUT2D eigenvalue weighted by atomic mass is 35.5. The number of rotatable bonds is 4. The van der Waals surface area contributed by atoms with Gasteiger partial charge in [-0.05, 0) is 30.3 Å². The van der Waals surface area contributed by atoms with Crippen molar-refractivity contribution >= 4 is 11.6 Å². The van der Waals surface area contributed by atoms with Gasteiger partial charge in [0.2, 0.25) is 0 Å². The van der Waals surface area contributed by atoms with Crippen LogP contribution in [0.4, 0.5) is 0 Å². The zero-order valence-electron chi connectivity index (χ0n) is 9.64. The fraction of sp³-hybridized carbons (Fsp3) is 0.231. The molecule has 1 heterocycles. The van der Waals surface area contributed by atoms with Crippen LogP contribution in [0.5, 0.6) is 0 Å². The van der Waals surface area contributed by atoms with Gasteiger partial charge in [-0.1, -0.05) is 11.6 Å². The van der Waals surface area contributed by atoms with E-state index in [0.717, 1.165) is 16.9 Å². The molecule has 3 nitrogen and oxygen atoms in total. The van der Waals surface area contributed by atoms with Crippen LogP contribution in [0, 0.1) is 0 Å². The van der Waals surface area contributed by atoms with E-state index in [9.17, 15) is 0 Å². The monoisotopic (exact) mass is 252 g/mol. The molecule has 0 radical (unpaired) electrons. The van der Waals surface area contributed by atoms with Gasteiger partial charge in [-0.15, -0.1) is 0 Å². The molecule has 0 N–H and O–H groups in total. The molecule has 1 aromatic carbocycles. The van der Waals surface area contributed by atoms with Crippen molar-refractivity contribution in [1.82, 2.24) is 0 Å². The van der Waals surface area contributed by atoms with Gasteiger partial charge < -0.3 is 13.9 Å². The standard InChI is InChI=1S/C13H13ClO3/c1-15-13(16-2)11-7-8-17-12(11)9-3-5-10(14)6-4-9/h3-8,13H,1-2H3. The lowest BCUT2D eigenvalue weighted by molar-refractivity contribution is -0.105. The van der Waals surface area contributed by atoms with Gasteiger partial charge in [0.25, 0.3) is 0 Å². The second-order valence-electron chi connectivity index (χ2n) is 3.52. The van der Waals surface area contributed by atoms with E-state index in [1.165, 1.54) is 0 Å². The lowest BCUT2D eigenvalue weighted by atomic mass is 10.1. The molecule has 0 saturated carbocycles. The van der Waals surface area contributed by atoms with Crippen LogP contribution in [0.2, 0.25) is 5.02 Å². The second-order valence-corrected chi connectivity index (χ2v) is 3.95. The molecule has 0 atom stereocenters. The molecular weight excluding hydrogens is 240 g/mol. The molecule has 0 aliphatic heterocycles. The summed E-state index contributed by atoms with van der Waals surface area (Å²) < 4.78 is 15.9. The van der Waals surface area contributed by atoms with Crippen molar-refractivity contribution in [2.75, 3.05) is 14.2 Å². The van der Waals surface area contributed by atoms with Crippen LogP contribution < -0.4 is 0 Å². The summed E-state index contributed by atoms with van der Waals surface area (Å²) in [6.45, 7) is 0. The lowest BCUT2D eigenvalue weighted by Crippen LogP contribution is -2.03. The minimum absolute atomic E-state index is 0.431. The highest BCUT2D eigenvalue weighted by molar-refractivity contribution is 6.30. The fourth-order valence-electron chi connectivity index (χ4n) is 1.69. The van der Waals surface area contributed by atoms with Crippen LogP contribution in [0.3, 0.4) is 0 Å². The first-order chi connectivity index (χ1) is 8.26. The van der Waals surface area contributed by atoms with Crippen molar-refractivity contribution in [2.45, 2.75) is 6.29 Å².